The highest BCUT2D eigenvalue weighted by Gasteiger charge is 2.23. The Bertz CT molecular complexity index is 826. The molecule has 0 aliphatic carbocycles. The predicted molar refractivity (Wildman–Crippen MR) is 103 cm³/mol. The van der Waals surface area contributed by atoms with Crippen molar-refractivity contribution >= 4 is 29.1 Å². The lowest BCUT2D eigenvalue weighted by Crippen LogP contribution is -2.51. The molecule has 0 radical (unpaired) electrons. The number of nitrogens with one attached hydrogen (secondary N) is 1. The molecule has 1 aromatic heterocycles. The van der Waals surface area contributed by atoms with Crippen LogP contribution in [-0.4, -0.2) is 65.9 Å². The number of carbonyl (C=O) groups excluding carboxylic acids is 2. The number of hydrogen-bond donors (Lipinski definition) is 1. The number of anilines is 1. The van der Waals surface area contributed by atoms with Gasteiger partial charge in [-0.1, -0.05) is 11.6 Å². The molecule has 0 unspecified atom stereocenters. The van der Waals surface area contributed by atoms with Gasteiger partial charge in [0.15, 0.2) is 11.8 Å². The highest BCUT2D eigenvalue weighted by atomic mass is 35.5. The first-order valence-electron chi connectivity index (χ1n) is 8.80. The lowest BCUT2D eigenvalue weighted by molar-refractivity contribution is -0.135. The van der Waals surface area contributed by atoms with Gasteiger partial charge in [0.1, 0.15) is 11.6 Å². The first-order chi connectivity index (χ1) is 13.5. The number of rotatable bonds is 6. The van der Waals surface area contributed by atoms with Crippen molar-refractivity contribution in [2.24, 2.45) is 0 Å². The van der Waals surface area contributed by atoms with E-state index < -0.39 is 0 Å². The Morgan fingerprint density at radius 3 is 2.54 bits per heavy atom. The van der Waals surface area contributed by atoms with E-state index in [1.807, 2.05) is 4.90 Å². The van der Waals surface area contributed by atoms with E-state index >= 15 is 0 Å². The van der Waals surface area contributed by atoms with Crippen LogP contribution >= 0.6 is 11.6 Å². The summed E-state index contributed by atoms with van der Waals surface area (Å²) in [5.41, 5.74) is 0.473. The first-order valence-corrected chi connectivity index (χ1v) is 9.18. The van der Waals surface area contributed by atoms with Crippen LogP contribution in [0.1, 0.15) is 0 Å². The van der Waals surface area contributed by atoms with Gasteiger partial charge in [-0.05, 0) is 36.4 Å². The van der Waals surface area contributed by atoms with Crippen LogP contribution in [0.3, 0.4) is 0 Å². The molecule has 28 heavy (non-hydrogen) atoms. The molecular formula is C19H20ClFN4O3. The summed E-state index contributed by atoms with van der Waals surface area (Å²) in [7, 11) is 0. The maximum Gasteiger partial charge on any atom is 0.260 e. The van der Waals surface area contributed by atoms with Crippen molar-refractivity contribution in [3.05, 3.63) is 53.6 Å². The van der Waals surface area contributed by atoms with Crippen LogP contribution in [-0.2, 0) is 9.59 Å². The molecule has 148 valence electrons. The average molecular weight is 407 g/mol. The second-order valence-corrected chi connectivity index (χ2v) is 6.65. The van der Waals surface area contributed by atoms with E-state index in [1.165, 1.54) is 24.3 Å². The highest BCUT2D eigenvalue weighted by molar-refractivity contribution is 6.32. The van der Waals surface area contributed by atoms with E-state index in [9.17, 15) is 14.0 Å². The van der Waals surface area contributed by atoms with Crippen molar-refractivity contribution in [1.82, 2.24) is 14.8 Å². The summed E-state index contributed by atoms with van der Waals surface area (Å²) in [6.45, 7) is 2.27. The third-order valence-corrected chi connectivity index (χ3v) is 4.60. The SMILES string of the molecule is O=C(CN1CCN(C(=O)COc2ccc(F)cc2)CC1)Nc1cccnc1Cl. The van der Waals surface area contributed by atoms with E-state index in [2.05, 4.69) is 10.3 Å². The van der Waals surface area contributed by atoms with Gasteiger partial charge in [0.25, 0.3) is 5.91 Å². The average Bonchev–Trinajstić information content (AvgIpc) is 2.69. The van der Waals surface area contributed by atoms with Gasteiger partial charge in [-0.25, -0.2) is 9.37 Å². The highest BCUT2D eigenvalue weighted by Crippen LogP contribution is 2.17. The number of ether oxygens (including phenoxy) is 1. The summed E-state index contributed by atoms with van der Waals surface area (Å²) >= 11 is 5.93. The molecule has 2 heterocycles. The number of pyridine rings is 1. The van der Waals surface area contributed by atoms with Crippen molar-refractivity contribution in [3.63, 3.8) is 0 Å². The summed E-state index contributed by atoms with van der Waals surface area (Å²) in [5.74, 6) is -0.242. The summed E-state index contributed by atoms with van der Waals surface area (Å²) in [4.78, 5) is 32.0. The molecule has 0 bridgehead atoms. The lowest BCUT2D eigenvalue weighted by Gasteiger charge is -2.34. The fourth-order valence-electron chi connectivity index (χ4n) is 2.79. The standard InChI is InChI=1S/C19H20ClFN4O3/c20-19-16(2-1-7-22-19)23-17(26)12-24-8-10-25(11-9-24)18(27)13-28-15-5-3-14(21)4-6-15/h1-7H,8-13H2,(H,23,26). The zero-order valence-corrected chi connectivity index (χ0v) is 15.9. The van der Waals surface area contributed by atoms with Gasteiger partial charge >= 0.3 is 0 Å². The number of amides is 2. The molecule has 1 aliphatic heterocycles. The van der Waals surface area contributed by atoms with Crippen LogP contribution in [0.5, 0.6) is 5.75 Å². The summed E-state index contributed by atoms with van der Waals surface area (Å²) in [6.07, 6.45) is 1.55. The Hall–Kier alpha value is -2.71. The van der Waals surface area contributed by atoms with Crippen LogP contribution < -0.4 is 10.1 Å². The van der Waals surface area contributed by atoms with Gasteiger partial charge in [-0.2, -0.15) is 0 Å². The zero-order chi connectivity index (χ0) is 19.9. The third-order valence-electron chi connectivity index (χ3n) is 4.30. The molecule has 7 nitrogen and oxygen atoms in total. The Labute approximate surface area is 167 Å². The Balaban J connectivity index is 1.40. The predicted octanol–water partition coefficient (Wildman–Crippen LogP) is 2.04. The van der Waals surface area contributed by atoms with Crippen molar-refractivity contribution in [3.8, 4) is 5.75 Å². The van der Waals surface area contributed by atoms with Crippen molar-refractivity contribution in [1.29, 1.82) is 0 Å². The van der Waals surface area contributed by atoms with Gasteiger partial charge in [-0.15, -0.1) is 0 Å². The minimum Gasteiger partial charge on any atom is -0.484 e. The molecule has 0 saturated carbocycles. The number of aromatic nitrogens is 1. The van der Waals surface area contributed by atoms with Crippen LogP contribution in [0.2, 0.25) is 5.15 Å². The van der Waals surface area contributed by atoms with Crippen LogP contribution in [0.25, 0.3) is 0 Å². The Kier molecular flexibility index (Phi) is 6.78. The smallest absolute Gasteiger partial charge is 0.260 e. The molecule has 0 spiro atoms. The number of piperazine rings is 1. The van der Waals surface area contributed by atoms with E-state index in [0.717, 1.165) is 0 Å². The molecule has 1 N–H and O–H groups in total. The number of nitrogens with zero attached hydrogens (tertiary/aromatic N) is 3. The summed E-state index contributed by atoms with van der Waals surface area (Å²) in [5, 5.41) is 2.97. The fraction of sp³-hybridized carbons (Fsp3) is 0.316. The van der Waals surface area contributed by atoms with Gasteiger partial charge in [0.2, 0.25) is 5.91 Å². The lowest BCUT2D eigenvalue weighted by atomic mass is 10.3. The van der Waals surface area contributed by atoms with E-state index in [4.69, 9.17) is 16.3 Å². The zero-order valence-electron chi connectivity index (χ0n) is 15.1. The molecule has 1 fully saturated rings. The van der Waals surface area contributed by atoms with Crippen molar-refractivity contribution in [2.45, 2.75) is 0 Å². The molecule has 1 aliphatic rings. The normalized spacial score (nSPS) is 14.6. The second-order valence-electron chi connectivity index (χ2n) is 6.29. The molecule has 2 amide bonds. The fourth-order valence-corrected chi connectivity index (χ4v) is 2.96. The maximum atomic E-state index is 12.9. The second kappa shape index (κ2) is 9.48. The van der Waals surface area contributed by atoms with Gasteiger partial charge < -0.3 is 15.0 Å². The third kappa shape index (κ3) is 5.64. The number of carbonyl (C=O) groups is 2. The number of benzene rings is 1. The molecule has 2 aromatic rings. The molecule has 3 rings (SSSR count). The monoisotopic (exact) mass is 406 g/mol. The van der Waals surface area contributed by atoms with Crippen molar-refractivity contribution in [2.75, 3.05) is 44.6 Å². The maximum absolute atomic E-state index is 12.9. The molecule has 1 aromatic carbocycles. The summed E-state index contributed by atoms with van der Waals surface area (Å²) < 4.78 is 18.3. The topological polar surface area (TPSA) is 74.8 Å². The van der Waals surface area contributed by atoms with Gasteiger partial charge in [0, 0.05) is 32.4 Å². The van der Waals surface area contributed by atoms with Crippen molar-refractivity contribution < 1.29 is 18.7 Å². The molecule has 1 saturated heterocycles. The number of hydrogen-bond acceptors (Lipinski definition) is 5. The first kappa shape index (κ1) is 20.0. The van der Waals surface area contributed by atoms with E-state index in [1.54, 1.807) is 23.2 Å². The number of halogens is 2. The van der Waals surface area contributed by atoms with Crippen LogP contribution in [0.4, 0.5) is 10.1 Å². The van der Waals surface area contributed by atoms with E-state index in [0.29, 0.717) is 37.6 Å². The summed E-state index contributed by atoms with van der Waals surface area (Å²) in [6, 6.07) is 8.90. The molecule has 0 atom stereocenters. The molecule has 9 heteroatoms. The minimum absolute atomic E-state index is 0.106. The Morgan fingerprint density at radius 1 is 1.14 bits per heavy atom. The van der Waals surface area contributed by atoms with Gasteiger partial charge in [0.05, 0.1) is 12.2 Å². The molecular weight excluding hydrogens is 387 g/mol. The quantitative estimate of drug-likeness (QED) is 0.743. The Morgan fingerprint density at radius 2 is 1.86 bits per heavy atom. The van der Waals surface area contributed by atoms with Gasteiger partial charge in [-0.3, -0.25) is 14.5 Å². The van der Waals surface area contributed by atoms with E-state index in [-0.39, 0.29) is 35.9 Å². The van der Waals surface area contributed by atoms with Crippen LogP contribution in [0, 0.1) is 5.82 Å². The minimum atomic E-state index is -0.357. The largest absolute Gasteiger partial charge is 0.484 e. The van der Waals surface area contributed by atoms with Crippen LogP contribution in [0.15, 0.2) is 42.6 Å².